The van der Waals surface area contributed by atoms with E-state index in [-0.39, 0.29) is 28.2 Å². The van der Waals surface area contributed by atoms with Crippen molar-refractivity contribution in [1.29, 1.82) is 0 Å². The number of carbonyl (C=O) groups excluding carboxylic acids is 2. The summed E-state index contributed by atoms with van der Waals surface area (Å²) in [4.78, 5) is 33.2. The molecule has 4 atom stereocenters. The number of likely N-dealkylation sites (tertiary alicyclic amines) is 2. The van der Waals surface area contributed by atoms with Crippen LogP contribution in [-0.2, 0) is 26.3 Å². The lowest BCUT2D eigenvalue weighted by molar-refractivity contribution is -0.138. The first-order valence-electron chi connectivity index (χ1n) is 18.1. The minimum atomic E-state index is -3.98. The molecule has 266 valence electrons. The van der Waals surface area contributed by atoms with Gasteiger partial charge < -0.3 is 23.8 Å². The van der Waals surface area contributed by atoms with Crippen LogP contribution in [0.15, 0.2) is 36.4 Å². The van der Waals surface area contributed by atoms with E-state index < -0.39 is 21.5 Å². The lowest BCUT2D eigenvalue weighted by Gasteiger charge is -2.29. The van der Waals surface area contributed by atoms with Crippen LogP contribution in [0.5, 0.6) is 5.75 Å². The molecule has 12 heteroatoms. The van der Waals surface area contributed by atoms with Gasteiger partial charge in [0.15, 0.2) is 0 Å². The maximum absolute atomic E-state index is 15.2. The number of benzene rings is 2. The van der Waals surface area contributed by atoms with Gasteiger partial charge in [-0.1, -0.05) is 25.3 Å². The van der Waals surface area contributed by atoms with Gasteiger partial charge in [-0.15, -0.1) is 0 Å². The van der Waals surface area contributed by atoms with Gasteiger partial charge in [0.05, 0.1) is 31.4 Å². The standard InChI is InChI=1S/C38H47N5O6S/c1-40(2)50(46,47)39-34(44)25-10-12-28-31(14-25)43-21-38(35(45)42-19-36-17-41(3)18-37(36,20-42)23-49-22-36)16-30(38)29-15-26(48-4)11-13-27(29)33(43)32(28)24-8-6-5-7-9-24/h10-15,24,30H,5-9,16-23H2,1-4H3,(H,39,44). The number of hydrogen-bond donors (Lipinski definition) is 1. The van der Waals surface area contributed by atoms with Crippen molar-refractivity contribution < 1.29 is 27.5 Å². The maximum atomic E-state index is 15.2. The third-order valence-corrected chi connectivity index (χ3v) is 14.6. The molecule has 9 rings (SSSR count). The van der Waals surface area contributed by atoms with Crippen molar-refractivity contribution in [3.05, 3.63) is 53.1 Å². The van der Waals surface area contributed by atoms with Crippen molar-refractivity contribution >= 4 is 32.9 Å². The van der Waals surface area contributed by atoms with Gasteiger partial charge in [-0.25, -0.2) is 4.72 Å². The van der Waals surface area contributed by atoms with Crippen molar-refractivity contribution in [2.75, 3.05) is 67.6 Å². The zero-order valence-corrected chi connectivity index (χ0v) is 30.3. The molecule has 5 fully saturated rings. The summed E-state index contributed by atoms with van der Waals surface area (Å²) < 4.78 is 42.6. The first-order valence-corrected chi connectivity index (χ1v) is 19.5. The Morgan fingerprint density at radius 3 is 2.36 bits per heavy atom. The normalized spacial score (nSPS) is 30.4. The number of hydrogen-bond acceptors (Lipinski definition) is 7. The molecule has 0 bridgehead atoms. The van der Waals surface area contributed by atoms with Crippen molar-refractivity contribution in [2.24, 2.45) is 16.2 Å². The smallest absolute Gasteiger partial charge is 0.303 e. The highest BCUT2D eigenvalue weighted by molar-refractivity contribution is 7.87. The summed E-state index contributed by atoms with van der Waals surface area (Å²) in [7, 11) is 2.67. The quantitative estimate of drug-likeness (QED) is 0.411. The Kier molecular flexibility index (Phi) is 7.16. The Bertz CT molecular complexity index is 2030. The van der Waals surface area contributed by atoms with E-state index in [1.165, 1.54) is 26.1 Å². The molecule has 6 aliphatic rings. The zero-order valence-electron chi connectivity index (χ0n) is 29.5. The Labute approximate surface area is 294 Å². The van der Waals surface area contributed by atoms with Crippen molar-refractivity contribution in [1.82, 2.24) is 23.4 Å². The minimum Gasteiger partial charge on any atom is -0.497 e. The van der Waals surface area contributed by atoms with E-state index in [1.807, 2.05) is 18.2 Å². The summed E-state index contributed by atoms with van der Waals surface area (Å²) in [6, 6.07) is 11.9. The Morgan fingerprint density at radius 1 is 0.960 bits per heavy atom. The van der Waals surface area contributed by atoms with Crippen LogP contribution in [-0.4, -0.2) is 107 Å². The topological polar surface area (TPSA) is 113 Å². The lowest BCUT2D eigenvalue weighted by atomic mass is 9.71. The van der Waals surface area contributed by atoms with Gasteiger partial charge in [0, 0.05) is 85.6 Å². The van der Waals surface area contributed by atoms with Gasteiger partial charge in [-0.05, 0) is 73.7 Å². The van der Waals surface area contributed by atoms with E-state index in [0.29, 0.717) is 38.8 Å². The molecule has 3 saturated heterocycles. The Morgan fingerprint density at radius 2 is 1.68 bits per heavy atom. The molecule has 0 spiro atoms. The molecule has 5 heterocycles. The fourth-order valence-corrected chi connectivity index (χ4v) is 11.3. The van der Waals surface area contributed by atoms with Crippen LogP contribution in [0.25, 0.3) is 22.2 Å². The van der Waals surface area contributed by atoms with Crippen LogP contribution in [0.4, 0.5) is 0 Å². The van der Waals surface area contributed by atoms with Crippen molar-refractivity contribution in [3.8, 4) is 17.0 Å². The molecule has 50 heavy (non-hydrogen) atoms. The molecule has 1 aromatic heterocycles. The Balaban J connectivity index is 1.20. The summed E-state index contributed by atoms with van der Waals surface area (Å²) >= 11 is 0. The predicted octanol–water partition coefficient (Wildman–Crippen LogP) is 4.18. The maximum Gasteiger partial charge on any atom is 0.303 e. The highest BCUT2D eigenvalue weighted by Gasteiger charge is 2.70. The van der Waals surface area contributed by atoms with Gasteiger partial charge in [0.2, 0.25) is 5.91 Å². The molecule has 2 saturated carbocycles. The van der Waals surface area contributed by atoms with E-state index in [4.69, 9.17) is 9.47 Å². The molecular formula is C38H47N5O6S. The number of nitrogens with one attached hydrogen (secondary N) is 1. The second-order valence-corrected chi connectivity index (χ2v) is 18.3. The summed E-state index contributed by atoms with van der Waals surface area (Å²) in [6.45, 7) is 5.21. The molecule has 1 N–H and O–H groups in total. The number of rotatable bonds is 6. The van der Waals surface area contributed by atoms with Crippen LogP contribution >= 0.6 is 0 Å². The van der Waals surface area contributed by atoms with Crippen LogP contribution in [0, 0.1) is 16.2 Å². The highest BCUT2D eigenvalue weighted by atomic mass is 32.2. The summed E-state index contributed by atoms with van der Waals surface area (Å²) in [6.07, 6.45) is 6.47. The molecule has 11 nitrogen and oxygen atoms in total. The van der Waals surface area contributed by atoms with Gasteiger partial charge in [0.1, 0.15) is 5.75 Å². The number of aromatic nitrogens is 1. The molecule has 4 unspecified atom stereocenters. The number of carbonyl (C=O) groups is 2. The van der Waals surface area contributed by atoms with Crippen LogP contribution in [0.3, 0.4) is 0 Å². The summed E-state index contributed by atoms with van der Waals surface area (Å²) in [5, 5.41) is 1.07. The average Bonchev–Trinajstić information content (AvgIpc) is 3.32. The number of amides is 2. The Hall–Kier alpha value is -3.45. The van der Waals surface area contributed by atoms with Crippen molar-refractivity contribution in [3.63, 3.8) is 0 Å². The minimum absolute atomic E-state index is 0.0289. The number of fused-ring (bicyclic) bond motifs is 7. The first kappa shape index (κ1) is 32.5. The zero-order chi connectivity index (χ0) is 34.8. The van der Waals surface area contributed by atoms with Crippen LogP contribution < -0.4 is 9.46 Å². The molecule has 0 radical (unpaired) electrons. The van der Waals surface area contributed by atoms with E-state index in [0.717, 1.165) is 83.0 Å². The predicted molar refractivity (Wildman–Crippen MR) is 189 cm³/mol. The number of ether oxygens (including phenoxy) is 2. The molecule has 2 aromatic carbocycles. The monoisotopic (exact) mass is 701 g/mol. The fourth-order valence-electron chi connectivity index (χ4n) is 10.7. The SMILES string of the molecule is COc1ccc2c(c1)C1CC1(C(=O)N1CC34COCC3(CN(C)C4)C1)Cn1c-2c(C2CCCCC2)c2ccc(C(=O)NS(=O)(=O)N(C)C)cc21. The van der Waals surface area contributed by atoms with E-state index in [2.05, 4.69) is 38.3 Å². The van der Waals surface area contributed by atoms with Gasteiger partial charge in [-0.2, -0.15) is 12.7 Å². The summed E-state index contributed by atoms with van der Waals surface area (Å²) in [5.74, 6) is 0.712. The number of methoxy groups -OCH3 is 1. The molecule has 4 aliphatic heterocycles. The third kappa shape index (κ3) is 4.53. The van der Waals surface area contributed by atoms with Crippen LogP contribution in [0.1, 0.15) is 71.8 Å². The highest BCUT2D eigenvalue weighted by Crippen LogP contribution is 2.67. The van der Waals surface area contributed by atoms with Crippen molar-refractivity contribution in [2.45, 2.75) is 56.9 Å². The van der Waals surface area contributed by atoms with E-state index >= 15 is 4.79 Å². The lowest BCUT2D eigenvalue weighted by Crippen LogP contribution is -2.43. The number of nitrogens with zero attached hydrogens (tertiary/aromatic N) is 4. The second kappa shape index (κ2) is 11.0. The van der Waals surface area contributed by atoms with E-state index in [1.54, 1.807) is 13.2 Å². The molecule has 3 aromatic rings. The molecular weight excluding hydrogens is 655 g/mol. The molecule has 2 amide bonds. The fraction of sp³-hybridized carbons (Fsp3) is 0.579. The second-order valence-electron chi connectivity index (χ2n) is 16.4. The van der Waals surface area contributed by atoms with Crippen LogP contribution in [0.2, 0.25) is 0 Å². The molecule has 2 aliphatic carbocycles. The largest absolute Gasteiger partial charge is 0.497 e. The first-order chi connectivity index (χ1) is 23.9. The van der Waals surface area contributed by atoms with Gasteiger partial charge in [-0.3, -0.25) is 9.59 Å². The third-order valence-electron chi connectivity index (χ3n) is 13.2. The average molecular weight is 702 g/mol. The van der Waals surface area contributed by atoms with E-state index in [9.17, 15) is 13.2 Å². The van der Waals surface area contributed by atoms with Gasteiger partial charge in [0.25, 0.3) is 5.91 Å². The summed E-state index contributed by atoms with van der Waals surface area (Å²) in [5.41, 5.74) is 5.15. The van der Waals surface area contributed by atoms with Gasteiger partial charge >= 0.3 is 10.2 Å².